The number of rotatable bonds is 4. The first-order chi connectivity index (χ1) is 10.4. The van der Waals surface area contributed by atoms with Crippen LogP contribution >= 0.6 is 35.3 Å². The van der Waals surface area contributed by atoms with E-state index < -0.39 is 0 Å². The topological polar surface area (TPSA) is 52.6 Å². The third kappa shape index (κ3) is 4.22. The van der Waals surface area contributed by atoms with Crippen molar-refractivity contribution in [1.82, 2.24) is 15.2 Å². The Hall–Kier alpha value is -1.09. The fourth-order valence-corrected chi connectivity index (χ4v) is 3.44. The Balaban J connectivity index is 0.00000176. The van der Waals surface area contributed by atoms with Crippen LogP contribution in [0.4, 0.5) is 5.13 Å². The zero-order chi connectivity index (χ0) is 14.5. The number of hydrogen-bond acceptors (Lipinski definition) is 4. The zero-order valence-corrected chi connectivity index (χ0v) is 15.9. The Morgan fingerprint density at radius 3 is 2.77 bits per heavy atom. The minimum Gasteiger partial charge on any atom is -0.360 e. The first-order valence-electron chi connectivity index (χ1n) is 7.42. The highest BCUT2D eigenvalue weighted by molar-refractivity contribution is 14.0. The monoisotopic (exact) mass is 431 g/mol. The standard InChI is InChI=1S/C15H21N5S.HI/c1-16-14(20-10-4-5-11-20)17-8-9-18-15-19-12-6-2-3-7-13(12)21-15;/h2-3,6-7H,4-5,8-11H2,1H3,(H,16,17)(H,18,19);1H. The number of aliphatic imine (C=N–C) groups is 1. The van der Waals surface area contributed by atoms with Gasteiger partial charge in [-0.05, 0) is 25.0 Å². The predicted octanol–water partition coefficient (Wildman–Crippen LogP) is 3.00. The maximum atomic E-state index is 4.57. The fourth-order valence-electron chi connectivity index (χ4n) is 2.55. The molecule has 2 aromatic rings. The molecular formula is C15H22IN5S. The number of nitrogens with one attached hydrogen (secondary N) is 2. The van der Waals surface area contributed by atoms with Crippen molar-refractivity contribution in [3.05, 3.63) is 24.3 Å². The molecule has 120 valence electrons. The minimum absolute atomic E-state index is 0. The number of hydrogen-bond donors (Lipinski definition) is 2. The maximum Gasteiger partial charge on any atom is 0.193 e. The predicted molar refractivity (Wildman–Crippen MR) is 106 cm³/mol. The largest absolute Gasteiger partial charge is 0.360 e. The number of fused-ring (bicyclic) bond motifs is 1. The van der Waals surface area contributed by atoms with Crippen molar-refractivity contribution in [3.63, 3.8) is 0 Å². The van der Waals surface area contributed by atoms with Gasteiger partial charge in [0.2, 0.25) is 0 Å². The second-order valence-corrected chi connectivity index (χ2v) is 6.11. The number of halogens is 1. The summed E-state index contributed by atoms with van der Waals surface area (Å²) in [5.41, 5.74) is 1.06. The van der Waals surface area contributed by atoms with Crippen LogP contribution in [0.15, 0.2) is 29.3 Å². The van der Waals surface area contributed by atoms with Gasteiger partial charge in [-0.2, -0.15) is 0 Å². The lowest BCUT2D eigenvalue weighted by Gasteiger charge is -2.20. The quantitative estimate of drug-likeness (QED) is 0.338. The lowest BCUT2D eigenvalue weighted by molar-refractivity contribution is 0.495. The molecule has 1 aromatic heterocycles. The number of thiazole rings is 1. The van der Waals surface area contributed by atoms with Crippen LogP contribution < -0.4 is 10.6 Å². The molecule has 0 aliphatic carbocycles. The number of aromatic nitrogens is 1. The molecule has 0 amide bonds. The van der Waals surface area contributed by atoms with Crippen molar-refractivity contribution in [3.8, 4) is 0 Å². The summed E-state index contributed by atoms with van der Waals surface area (Å²) in [6.45, 7) is 3.92. The van der Waals surface area contributed by atoms with Crippen LogP contribution in [0.25, 0.3) is 10.2 Å². The average Bonchev–Trinajstić information content (AvgIpc) is 3.16. The van der Waals surface area contributed by atoms with Gasteiger partial charge in [-0.25, -0.2) is 4.98 Å². The van der Waals surface area contributed by atoms with E-state index in [9.17, 15) is 0 Å². The fraction of sp³-hybridized carbons (Fsp3) is 0.467. The number of guanidine groups is 1. The highest BCUT2D eigenvalue weighted by Crippen LogP contribution is 2.24. The number of para-hydroxylation sites is 1. The van der Waals surface area contributed by atoms with E-state index in [0.717, 1.165) is 42.8 Å². The lowest BCUT2D eigenvalue weighted by atomic mass is 10.3. The molecule has 2 heterocycles. The van der Waals surface area contributed by atoms with Gasteiger partial charge in [0.25, 0.3) is 0 Å². The third-order valence-electron chi connectivity index (χ3n) is 3.60. The van der Waals surface area contributed by atoms with Crippen LogP contribution in [0.3, 0.4) is 0 Å². The van der Waals surface area contributed by atoms with E-state index in [1.165, 1.54) is 17.5 Å². The SMILES string of the molecule is CN=C(NCCNc1nc2ccccc2s1)N1CCCC1.I. The van der Waals surface area contributed by atoms with Crippen LogP contribution in [0.2, 0.25) is 0 Å². The van der Waals surface area contributed by atoms with Crippen molar-refractivity contribution < 1.29 is 0 Å². The Morgan fingerprint density at radius 1 is 1.27 bits per heavy atom. The highest BCUT2D eigenvalue weighted by atomic mass is 127. The molecule has 1 fully saturated rings. The zero-order valence-electron chi connectivity index (χ0n) is 12.7. The van der Waals surface area contributed by atoms with E-state index in [4.69, 9.17) is 0 Å². The Morgan fingerprint density at radius 2 is 2.05 bits per heavy atom. The van der Waals surface area contributed by atoms with Crippen LogP contribution in [-0.2, 0) is 0 Å². The number of nitrogens with zero attached hydrogens (tertiary/aromatic N) is 3. The molecule has 7 heteroatoms. The third-order valence-corrected chi connectivity index (χ3v) is 4.59. The van der Waals surface area contributed by atoms with E-state index in [1.807, 2.05) is 25.2 Å². The van der Waals surface area contributed by atoms with Crippen LogP contribution in [-0.4, -0.2) is 49.1 Å². The van der Waals surface area contributed by atoms with Crippen molar-refractivity contribution in [2.75, 3.05) is 38.5 Å². The van der Waals surface area contributed by atoms with Crippen molar-refractivity contribution in [1.29, 1.82) is 0 Å². The molecule has 0 atom stereocenters. The summed E-state index contributed by atoms with van der Waals surface area (Å²) >= 11 is 1.70. The molecule has 1 aliphatic heterocycles. The molecule has 5 nitrogen and oxygen atoms in total. The van der Waals surface area contributed by atoms with Crippen LogP contribution in [0, 0.1) is 0 Å². The van der Waals surface area contributed by atoms with Crippen LogP contribution in [0.5, 0.6) is 0 Å². The van der Waals surface area contributed by atoms with Crippen molar-refractivity contribution >= 4 is 56.6 Å². The second kappa shape index (κ2) is 8.52. The van der Waals surface area contributed by atoms with Crippen molar-refractivity contribution in [2.45, 2.75) is 12.8 Å². The summed E-state index contributed by atoms with van der Waals surface area (Å²) < 4.78 is 1.22. The van der Waals surface area contributed by atoms with E-state index in [-0.39, 0.29) is 24.0 Å². The molecule has 3 rings (SSSR count). The summed E-state index contributed by atoms with van der Waals surface area (Å²) in [6, 6.07) is 8.22. The molecule has 0 saturated carbocycles. The van der Waals surface area contributed by atoms with Crippen molar-refractivity contribution in [2.24, 2.45) is 4.99 Å². The molecule has 0 radical (unpaired) electrons. The normalized spacial score (nSPS) is 15.0. The van der Waals surface area contributed by atoms with Gasteiger partial charge in [-0.15, -0.1) is 24.0 Å². The molecule has 0 unspecified atom stereocenters. The van der Waals surface area contributed by atoms with Gasteiger partial charge in [-0.3, -0.25) is 4.99 Å². The molecular weight excluding hydrogens is 409 g/mol. The lowest BCUT2D eigenvalue weighted by Crippen LogP contribution is -2.41. The number of benzene rings is 1. The molecule has 1 aromatic carbocycles. The smallest absolute Gasteiger partial charge is 0.193 e. The highest BCUT2D eigenvalue weighted by Gasteiger charge is 2.14. The van der Waals surface area contributed by atoms with E-state index in [1.54, 1.807) is 11.3 Å². The number of likely N-dealkylation sites (tertiary alicyclic amines) is 1. The minimum atomic E-state index is 0. The van der Waals surface area contributed by atoms with Gasteiger partial charge in [0.1, 0.15) is 0 Å². The molecule has 1 saturated heterocycles. The molecule has 2 N–H and O–H groups in total. The average molecular weight is 431 g/mol. The molecule has 0 spiro atoms. The Labute approximate surface area is 152 Å². The van der Waals surface area contributed by atoms with E-state index in [0.29, 0.717) is 0 Å². The van der Waals surface area contributed by atoms with E-state index >= 15 is 0 Å². The van der Waals surface area contributed by atoms with E-state index in [2.05, 4.69) is 31.6 Å². The van der Waals surface area contributed by atoms with Gasteiger partial charge < -0.3 is 15.5 Å². The maximum absolute atomic E-state index is 4.57. The Kier molecular flexibility index (Phi) is 6.69. The molecule has 22 heavy (non-hydrogen) atoms. The molecule has 1 aliphatic rings. The summed E-state index contributed by atoms with van der Waals surface area (Å²) in [6.07, 6.45) is 2.54. The van der Waals surface area contributed by atoms with Gasteiger partial charge in [0.05, 0.1) is 10.2 Å². The first-order valence-corrected chi connectivity index (χ1v) is 8.23. The Bertz CT molecular complexity index is 588. The number of anilines is 1. The summed E-state index contributed by atoms with van der Waals surface area (Å²) in [5, 5.41) is 7.76. The summed E-state index contributed by atoms with van der Waals surface area (Å²) in [4.78, 5) is 11.2. The van der Waals surface area contributed by atoms with Gasteiger partial charge >= 0.3 is 0 Å². The molecule has 0 bridgehead atoms. The summed E-state index contributed by atoms with van der Waals surface area (Å²) in [7, 11) is 1.85. The first kappa shape index (κ1) is 17.3. The van der Waals surface area contributed by atoms with Gasteiger partial charge in [-0.1, -0.05) is 23.5 Å². The van der Waals surface area contributed by atoms with Gasteiger partial charge in [0, 0.05) is 33.2 Å². The summed E-state index contributed by atoms with van der Waals surface area (Å²) in [5.74, 6) is 1.01. The second-order valence-electron chi connectivity index (χ2n) is 5.08. The van der Waals surface area contributed by atoms with Gasteiger partial charge in [0.15, 0.2) is 11.1 Å². The van der Waals surface area contributed by atoms with Crippen LogP contribution in [0.1, 0.15) is 12.8 Å².